The molecule has 1 amide bonds. The molecule has 0 saturated carbocycles. The van der Waals surface area contributed by atoms with Crippen molar-refractivity contribution in [1.82, 2.24) is 9.80 Å². The number of carbonyl (C=O) groups is 1. The van der Waals surface area contributed by atoms with Crippen molar-refractivity contribution in [3.8, 4) is 0 Å². The van der Waals surface area contributed by atoms with Gasteiger partial charge in [-0.3, -0.25) is 14.6 Å². The molecule has 2 atom stereocenters. The van der Waals surface area contributed by atoms with E-state index in [0.29, 0.717) is 19.5 Å². The lowest BCUT2D eigenvalue weighted by molar-refractivity contribution is -0.130. The highest BCUT2D eigenvalue weighted by Gasteiger charge is 2.38. The smallest absolute Gasteiger partial charge is 0.232 e. The maximum atomic E-state index is 12.8. The van der Waals surface area contributed by atoms with Gasteiger partial charge in [-0.25, -0.2) is 4.99 Å². The fourth-order valence-corrected chi connectivity index (χ4v) is 3.84. The Kier molecular flexibility index (Phi) is 6.82. The molecule has 0 aliphatic carbocycles. The van der Waals surface area contributed by atoms with Gasteiger partial charge in [0.15, 0.2) is 5.96 Å². The number of rotatable bonds is 7. The van der Waals surface area contributed by atoms with E-state index in [-0.39, 0.29) is 17.8 Å². The quantitative estimate of drug-likeness (QED) is 0.668. The lowest BCUT2D eigenvalue weighted by Crippen LogP contribution is -2.51. The lowest BCUT2D eigenvalue weighted by Gasteiger charge is -2.37. The van der Waals surface area contributed by atoms with Crippen molar-refractivity contribution in [2.24, 2.45) is 16.6 Å². The normalized spacial score (nSPS) is 20.3. The molecule has 0 radical (unpaired) electrons. The van der Waals surface area contributed by atoms with Gasteiger partial charge >= 0.3 is 0 Å². The van der Waals surface area contributed by atoms with E-state index in [9.17, 15) is 9.90 Å². The number of guanidine groups is 1. The Hall–Kier alpha value is -2.70. The molecule has 6 nitrogen and oxygen atoms in total. The molecular formula is C25H34N4O2. The summed E-state index contributed by atoms with van der Waals surface area (Å²) in [5, 5.41) is 11.0. The number of aliphatic hydroxyl groups is 1. The van der Waals surface area contributed by atoms with Crippen LogP contribution in [0.25, 0.3) is 0 Å². The van der Waals surface area contributed by atoms with Crippen LogP contribution in [0.15, 0.2) is 53.5 Å². The van der Waals surface area contributed by atoms with Crippen LogP contribution >= 0.6 is 0 Å². The second-order valence-electron chi connectivity index (χ2n) is 9.10. The van der Waals surface area contributed by atoms with E-state index in [0.717, 1.165) is 22.3 Å². The average molecular weight is 423 g/mol. The number of aliphatic hydroxyl groups excluding tert-OH is 1. The summed E-state index contributed by atoms with van der Waals surface area (Å²) in [5.41, 5.74) is 9.58. The standard InChI is InChI=1S/C25H34N4O2/c1-17(2)25(4)14-22(30)29(24(26)27-25)16-20-12-11-18(3)21(13-20)23(31)28(5)15-19-9-7-6-8-10-19/h6-13,17,23,31H,14-16H2,1-5H3,(H2,26,27)/t23?,25-/m0/s1. The van der Waals surface area contributed by atoms with Crippen LogP contribution in [0.5, 0.6) is 0 Å². The van der Waals surface area contributed by atoms with Crippen molar-refractivity contribution in [2.45, 2.75) is 59.0 Å². The molecule has 31 heavy (non-hydrogen) atoms. The molecule has 0 bridgehead atoms. The van der Waals surface area contributed by atoms with Crippen LogP contribution in [0, 0.1) is 12.8 Å². The molecular weight excluding hydrogens is 388 g/mol. The Bertz CT molecular complexity index is 957. The van der Waals surface area contributed by atoms with E-state index in [1.165, 1.54) is 0 Å². The topological polar surface area (TPSA) is 82.2 Å². The Morgan fingerprint density at radius 1 is 1.19 bits per heavy atom. The zero-order valence-corrected chi connectivity index (χ0v) is 19.2. The highest BCUT2D eigenvalue weighted by molar-refractivity contribution is 5.99. The minimum absolute atomic E-state index is 0.0208. The molecule has 1 aliphatic rings. The molecule has 2 aromatic rings. The number of hydrogen-bond donors (Lipinski definition) is 2. The Morgan fingerprint density at radius 2 is 1.87 bits per heavy atom. The summed E-state index contributed by atoms with van der Waals surface area (Å²) in [5.74, 6) is 0.460. The van der Waals surface area contributed by atoms with Crippen molar-refractivity contribution in [1.29, 1.82) is 0 Å². The first-order chi connectivity index (χ1) is 14.6. The van der Waals surface area contributed by atoms with E-state index in [4.69, 9.17) is 5.73 Å². The second kappa shape index (κ2) is 9.20. The van der Waals surface area contributed by atoms with Gasteiger partial charge in [-0.05, 0) is 55.1 Å². The third-order valence-corrected chi connectivity index (χ3v) is 6.36. The first kappa shape index (κ1) is 23.0. The largest absolute Gasteiger partial charge is 0.374 e. The number of aryl methyl sites for hydroxylation is 1. The summed E-state index contributed by atoms with van der Waals surface area (Å²) in [6, 6.07) is 16.0. The van der Waals surface area contributed by atoms with E-state index in [2.05, 4.69) is 18.8 Å². The van der Waals surface area contributed by atoms with E-state index >= 15 is 0 Å². The summed E-state index contributed by atoms with van der Waals surface area (Å²) in [6.07, 6.45) is -0.417. The summed E-state index contributed by atoms with van der Waals surface area (Å²) in [7, 11) is 1.90. The third kappa shape index (κ3) is 5.14. The average Bonchev–Trinajstić information content (AvgIpc) is 2.72. The molecule has 0 aromatic heterocycles. The molecule has 1 heterocycles. The van der Waals surface area contributed by atoms with Crippen LogP contribution in [0.4, 0.5) is 0 Å². The fourth-order valence-electron chi connectivity index (χ4n) is 3.84. The van der Waals surface area contributed by atoms with Crippen molar-refractivity contribution in [3.63, 3.8) is 0 Å². The molecule has 3 rings (SSSR count). The minimum atomic E-state index is -0.757. The predicted molar refractivity (Wildman–Crippen MR) is 124 cm³/mol. The van der Waals surface area contributed by atoms with Crippen LogP contribution in [-0.4, -0.2) is 39.4 Å². The molecule has 0 fully saturated rings. The summed E-state index contributed by atoms with van der Waals surface area (Å²) < 4.78 is 0. The van der Waals surface area contributed by atoms with Gasteiger partial charge in [0.05, 0.1) is 18.5 Å². The fraction of sp³-hybridized carbons (Fsp3) is 0.440. The molecule has 0 spiro atoms. The van der Waals surface area contributed by atoms with Crippen LogP contribution < -0.4 is 5.73 Å². The monoisotopic (exact) mass is 422 g/mol. The van der Waals surface area contributed by atoms with Crippen molar-refractivity contribution >= 4 is 11.9 Å². The summed E-state index contributed by atoms with van der Waals surface area (Å²) in [4.78, 5) is 20.9. The van der Waals surface area contributed by atoms with Crippen molar-refractivity contribution < 1.29 is 9.90 Å². The van der Waals surface area contributed by atoms with Crippen LogP contribution in [-0.2, 0) is 17.9 Å². The molecule has 1 unspecified atom stereocenters. The Labute approximate surface area is 185 Å². The number of hydrogen-bond acceptors (Lipinski definition) is 5. The van der Waals surface area contributed by atoms with Crippen molar-refractivity contribution in [2.75, 3.05) is 7.05 Å². The van der Waals surface area contributed by atoms with Gasteiger partial charge in [0.25, 0.3) is 0 Å². The zero-order chi connectivity index (χ0) is 22.8. The predicted octanol–water partition coefficient (Wildman–Crippen LogP) is 3.58. The molecule has 1 aliphatic heterocycles. The van der Waals surface area contributed by atoms with Gasteiger partial charge in [0, 0.05) is 6.54 Å². The van der Waals surface area contributed by atoms with Crippen LogP contribution in [0.2, 0.25) is 0 Å². The van der Waals surface area contributed by atoms with Gasteiger partial charge in [-0.1, -0.05) is 56.3 Å². The second-order valence-corrected chi connectivity index (χ2v) is 9.10. The first-order valence-electron chi connectivity index (χ1n) is 10.8. The number of benzene rings is 2. The Balaban J connectivity index is 1.79. The lowest BCUT2D eigenvalue weighted by atomic mass is 9.84. The number of aliphatic imine (C=N–C) groups is 1. The minimum Gasteiger partial charge on any atom is -0.374 e. The maximum absolute atomic E-state index is 12.8. The van der Waals surface area contributed by atoms with Gasteiger partial charge in [0.1, 0.15) is 6.23 Å². The van der Waals surface area contributed by atoms with E-state index in [1.807, 2.05) is 74.3 Å². The molecule has 0 saturated heterocycles. The summed E-state index contributed by atoms with van der Waals surface area (Å²) >= 11 is 0. The third-order valence-electron chi connectivity index (χ3n) is 6.36. The van der Waals surface area contributed by atoms with E-state index < -0.39 is 11.8 Å². The molecule has 6 heteroatoms. The highest BCUT2D eigenvalue weighted by Crippen LogP contribution is 2.31. The SMILES string of the molecule is Cc1ccc(CN2C(=O)C[C@@](C)(C(C)C)N=C2N)cc1C(O)N(C)Cc1ccccc1. The Morgan fingerprint density at radius 3 is 2.48 bits per heavy atom. The highest BCUT2D eigenvalue weighted by atomic mass is 16.3. The van der Waals surface area contributed by atoms with Gasteiger partial charge < -0.3 is 10.8 Å². The van der Waals surface area contributed by atoms with Gasteiger partial charge in [-0.2, -0.15) is 0 Å². The number of nitrogens with zero attached hydrogens (tertiary/aromatic N) is 3. The number of carbonyl (C=O) groups excluding carboxylic acids is 1. The van der Waals surface area contributed by atoms with Gasteiger partial charge in [-0.15, -0.1) is 0 Å². The first-order valence-corrected chi connectivity index (χ1v) is 10.8. The molecule has 166 valence electrons. The van der Waals surface area contributed by atoms with Crippen molar-refractivity contribution in [3.05, 3.63) is 70.8 Å². The van der Waals surface area contributed by atoms with E-state index in [1.54, 1.807) is 4.90 Å². The molecule has 2 aromatic carbocycles. The van der Waals surface area contributed by atoms with Gasteiger partial charge in [0.2, 0.25) is 5.91 Å². The zero-order valence-electron chi connectivity index (χ0n) is 19.2. The maximum Gasteiger partial charge on any atom is 0.232 e. The number of amides is 1. The van der Waals surface area contributed by atoms with Crippen LogP contribution in [0.1, 0.15) is 55.7 Å². The number of nitrogens with two attached hydrogens (primary N) is 1. The van der Waals surface area contributed by atoms with Crippen LogP contribution in [0.3, 0.4) is 0 Å². The molecule has 3 N–H and O–H groups in total. The summed E-state index contributed by atoms with van der Waals surface area (Å²) in [6.45, 7) is 9.03.